The van der Waals surface area contributed by atoms with Crippen molar-refractivity contribution in [1.82, 2.24) is 9.88 Å². The molecule has 2 aromatic carbocycles. The van der Waals surface area contributed by atoms with E-state index >= 15 is 0 Å². The molecule has 0 bridgehead atoms. The van der Waals surface area contributed by atoms with Crippen LogP contribution in [-0.2, 0) is 4.79 Å². The molecule has 1 aliphatic heterocycles. The van der Waals surface area contributed by atoms with Gasteiger partial charge in [-0.2, -0.15) is 0 Å². The molecule has 5 heteroatoms. The molecule has 0 fully saturated rings. The Balaban J connectivity index is 1.95. The van der Waals surface area contributed by atoms with Crippen molar-refractivity contribution in [3.63, 3.8) is 0 Å². The monoisotopic (exact) mass is 320 g/mol. The van der Waals surface area contributed by atoms with Crippen LogP contribution in [0.4, 0.5) is 0 Å². The highest BCUT2D eigenvalue weighted by Crippen LogP contribution is 2.42. The number of amides is 1. The van der Waals surface area contributed by atoms with Gasteiger partial charge in [0.05, 0.1) is 6.04 Å². The fourth-order valence-corrected chi connectivity index (χ4v) is 3.49. The lowest BCUT2D eigenvalue weighted by Gasteiger charge is -2.28. The van der Waals surface area contributed by atoms with E-state index in [1.165, 1.54) is 4.90 Å². The second kappa shape index (κ2) is 5.23. The van der Waals surface area contributed by atoms with E-state index in [0.717, 1.165) is 22.0 Å². The average Bonchev–Trinajstić information content (AvgIpc) is 3.13. The maximum atomic E-state index is 12.8. The molecule has 5 nitrogen and oxygen atoms in total. The van der Waals surface area contributed by atoms with Crippen molar-refractivity contribution < 1.29 is 14.7 Å². The highest BCUT2D eigenvalue weighted by molar-refractivity contribution is 6.02. The fraction of sp³-hybridized carbons (Fsp3) is 0.158. The van der Waals surface area contributed by atoms with Gasteiger partial charge in [-0.15, -0.1) is 0 Å². The zero-order chi connectivity index (χ0) is 16.8. The second-order valence-corrected chi connectivity index (χ2v) is 6.01. The first-order valence-corrected chi connectivity index (χ1v) is 7.80. The summed E-state index contributed by atoms with van der Waals surface area (Å²) in [6.45, 7) is 1.55. The van der Waals surface area contributed by atoms with Crippen LogP contribution >= 0.6 is 0 Å². The third-order valence-electron chi connectivity index (χ3n) is 4.69. The number of nitrogens with one attached hydrogen (secondary N) is 1. The topological polar surface area (TPSA) is 73.4 Å². The fourth-order valence-electron chi connectivity index (χ4n) is 3.49. The minimum Gasteiger partial charge on any atom is -0.480 e. The number of carboxylic acid groups (broad SMARTS) is 1. The predicted octanol–water partition coefficient (Wildman–Crippen LogP) is 3.19. The van der Waals surface area contributed by atoms with Gasteiger partial charge >= 0.3 is 5.97 Å². The largest absolute Gasteiger partial charge is 0.480 e. The number of benzene rings is 2. The van der Waals surface area contributed by atoms with Crippen molar-refractivity contribution in [2.75, 3.05) is 0 Å². The maximum Gasteiger partial charge on any atom is 0.326 e. The number of aromatic amines is 1. The lowest BCUT2D eigenvalue weighted by molar-refractivity contribution is -0.142. The Morgan fingerprint density at radius 3 is 2.62 bits per heavy atom. The summed E-state index contributed by atoms with van der Waals surface area (Å²) in [5.74, 6) is -1.25. The molecular weight excluding hydrogens is 304 g/mol. The smallest absolute Gasteiger partial charge is 0.326 e. The van der Waals surface area contributed by atoms with Crippen LogP contribution < -0.4 is 0 Å². The summed E-state index contributed by atoms with van der Waals surface area (Å²) in [4.78, 5) is 29.1. The Kier molecular flexibility index (Phi) is 3.16. The first-order chi connectivity index (χ1) is 11.6. The van der Waals surface area contributed by atoms with Crippen molar-refractivity contribution in [2.45, 2.75) is 19.0 Å². The van der Waals surface area contributed by atoms with E-state index < -0.39 is 18.1 Å². The number of hydrogen-bond acceptors (Lipinski definition) is 2. The van der Waals surface area contributed by atoms with Crippen molar-refractivity contribution in [3.8, 4) is 0 Å². The first-order valence-electron chi connectivity index (χ1n) is 7.80. The normalized spacial score (nSPS) is 18.0. The summed E-state index contributed by atoms with van der Waals surface area (Å²) in [7, 11) is 0. The number of para-hydroxylation sites is 1. The number of aromatic nitrogens is 1. The molecule has 0 radical (unpaired) electrons. The van der Waals surface area contributed by atoms with E-state index in [1.807, 2.05) is 42.6 Å². The highest BCUT2D eigenvalue weighted by Gasteiger charge is 2.42. The third kappa shape index (κ3) is 1.94. The molecule has 1 aromatic heterocycles. The van der Waals surface area contributed by atoms with Crippen LogP contribution in [0.25, 0.3) is 10.9 Å². The summed E-state index contributed by atoms with van der Waals surface area (Å²) in [6.07, 6.45) is 1.87. The summed E-state index contributed by atoms with van der Waals surface area (Å²) in [6, 6.07) is 13.8. The van der Waals surface area contributed by atoms with Crippen LogP contribution in [0.15, 0.2) is 54.7 Å². The van der Waals surface area contributed by atoms with Gasteiger partial charge < -0.3 is 15.0 Å². The molecule has 2 unspecified atom stereocenters. The van der Waals surface area contributed by atoms with Gasteiger partial charge in [-0.25, -0.2) is 4.79 Å². The SMILES string of the molecule is CC(C(=O)O)N1C(=O)c2ccccc2C1c1c[nH]c2ccccc12. The molecule has 0 spiro atoms. The number of rotatable bonds is 3. The third-order valence-corrected chi connectivity index (χ3v) is 4.69. The van der Waals surface area contributed by atoms with Crippen LogP contribution in [0.3, 0.4) is 0 Å². The molecule has 2 heterocycles. The number of carbonyl (C=O) groups excluding carboxylic acids is 1. The van der Waals surface area contributed by atoms with Crippen molar-refractivity contribution in [2.24, 2.45) is 0 Å². The number of nitrogens with zero attached hydrogens (tertiary/aromatic N) is 1. The molecular formula is C19H16N2O3. The van der Waals surface area contributed by atoms with Gasteiger partial charge in [0.2, 0.25) is 0 Å². The van der Waals surface area contributed by atoms with Gasteiger partial charge in [-0.05, 0) is 24.6 Å². The predicted molar refractivity (Wildman–Crippen MR) is 89.9 cm³/mol. The van der Waals surface area contributed by atoms with E-state index in [2.05, 4.69) is 4.98 Å². The van der Waals surface area contributed by atoms with E-state index in [4.69, 9.17) is 0 Å². The Morgan fingerprint density at radius 1 is 1.12 bits per heavy atom. The lowest BCUT2D eigenvalue weighted by Crippen LogP contribution is -2.41. The van der Waals surface area contributed by atoms with Crippen molar-refractivity contribution in [1.29, 1.82) is 0 Å². The van der Waals surface area contributed by atoms with E-state index in [-0.39, 0.29) is 5.91 Å². The Labute approximate surface area is 138 Å². The molecule has 4 rings (SSSR count). The number of H-pyrrole nitrogens is 1. The summed E-state index contributed by atoms with van der Waals surface area (Å²) in [5.41, 5.74) is 3.30. The molecule has 0 saturated carbocycles. The van der Waals surface area contributed by atoms with E-state index in [0.29, 0.717) is 5.56 Å². The van der Waals surface area contributed by atoms with E-state index in [1.54, 1.807) is 19.1 Å². The van der Waals surface area contributed by atoms with Crippen LogP contribution in [0.5, 0.6) is 0 Å². The van der Waals surface area contributed by atoms with Crippen molar-refractivity contribution >= 4 is 22.8 Å². The molecule has 120 valence electrons. The summed E-state index contributed by atoms with van der Waals surface area (Å²) < 4.78 is 0. The second-order valence-electron chi connectivity index (χ2n) is 6.01. The van der Waals surface area contributed by atoms with Crippen LogP contribution in [-0.4, -0.2) is 32.9 Å². The number of hydrogen-bond donors (Lipinski definition) is 2. The maximum absolute atomic E-state index is 12.8. The number of carbonyl (C=O) groups is 2. The van der Waals surface area contributed by atoms with Gasteiger partial charge in [-0.3, -0.25) is 4.79 Å². The molecule has 0 aliphatic carbocycles. The molecule has 2 atom stereocenters. The van der Waals surface area contributed by atoms with Gasteiger partial charge in [0, 0.05) is 28.2 Å². The Bertz CT molecular complexity index is 960. The summed E-state index contributed by atoms with van der Waals surface area (Å²) >= 11 is 0. The lowest BCUT2D eigenvalue weighted by atomic mass is 9.97. The standard InChI is InChI=1S/C19H16N2O3/c1-11(19(23)24)21-17(13-7-2-3-8-14(13)18(21)22)15-10-20-16-9-5-4-6-12(15)16/h2-11,17,20H,1H3,(H,23,24). The quantitative estimate of drug-likeness (QED) is 0.778. The minimum absolute atomic E-state index is 0.240. The average molecular weight is 320 g/mol. The van der Waals surface area contributed by atoms with Gasteiger partial charge in [0.15, 0.2) is 0 Å². The highest BCUT2D eigenvalue weighted by atomic mass is 16.4. The molecule has 1 aliphatic rings. The molecule has 0 saturated heterocycles. The van der Waals surface area contributed by atoms with E-state index in [9.17, 15) is 14.7 Å². The Morgan fingerprint density at radius 2 is 1.83 bits per heavy atom. The van der Waals surface area contributed by atoms with Gasteiger partial charge in [0.1, 0.15) is 6.04 Å². The first kappa shape index (κ1) is 14.5. The molecule has 1 amide bonds. The molecule has 24 heavy (non-hydrogen) atoms. The zero-order valence-electron chi connectivity index (χ0n) is 13.1. The number of carboxylic acids is 1. The summed E-state index contributed by atoms with van der Waals surface area (Å²) in [5, 5.41) is 10.5. The van der Waals surface area contributed by atoms with Crippen LogP contribution in [0.1, 0.15) is 34.5 Å². The molecule has 2 N–H and O–H groups in total. The Hall–Kier alpha value is -3.08. The van der Waals surface area contributed by atoms with Crippen molar-refractivity contribution in [3.05, 3.63) is 71.4 Å². The van der Waals surface area contributed by atoms with Crippen LogP contribution in [0.2, 0.25) is 0 Å². The minimum atomic E-state index is -1.01. The molecule has 3 aromatic rings. The number of fused-ring (bicyclic) bond motifs is 2. The van der Waals surface area contributed by atoms with Crippen LogP contribution in [0, 0.1) is 0 Å². The van der Waals surface area contributed by atoms with Gasteiger partial charge in [0.25, 0.3) is 5.91 Å². The zero-order valence-corrected chi connectivity index (χ0v) is 13.1. The number of aliphatic carboxylic acids is 1. The van der Waals surface area contributed by atoms with Gasteiger partial charge in [-0.1, -0.05) is 36.4 Å².